The Morgan fingerprint density at radius 2 is 2.05 bits per heavy atom. The lowest BCUT2D eigenvalue weighted by Crippen LogP contribution is -2.31. The van der Waals surface area contributed by atoms with E-state index in [4.69, 9.17) is 0 Å². The molecular weight excluding hydrogens is 266 g/mol. The maximum absolute atomic E-state index is 12.3. The number of hydrogen-bond acceptors (Lipinski definition) is 4. The lowest BCUT2D eigenvalue weighted by atomic mass is 10.2. The highest BCUT2D eigenvalue weighted by molar-refractivity contribution is 5.93. The molecule has 0 fully saturated rings. The van der Waals surface area contributed by atoms with Crippen LogP contribution in [0.5, 0.6) is 0 Å². The van der Waals surface area contributed by atoms with Crippen molar-refractivity contribution in [1.29, 1.82) is 0 Å². The molecule has 0 aliphatic rings. The van der Waals surface area contributed by atoms with Gasteiger partial charge in [-0.1, -0.05) is 0 Å². The average Bonchev–Trinajstić information content (AvgIpc) is 2.96. The van der Waals surface area contributed by atoms with E-state index in [1.54, 1.807) is 23.4 Å². The van der Waals surface area contributed by atoms with Crippen LogP contribution in [0.1, 0.15) is 31.3 Å². The first-order chi connectivity index (χ1) is 10.2. The fourth-order valence-electron chi connectivity index (χ4n) is 2.07. The molecule has 6 nitrogen and oxygen atoms in total. The number of anilines is 2. The van der Waals surface area contributed by atoms with Crippen molar-refractivity contribution in [1.82, 2.24) is 19.7 Å². The molecule has 0 spiro atoms. The second-order valence-electron chi connectivity index (χ2n) is 4.62. The summed E-state index contributed by atoms with van der Waals surface area (Å²) in [7, 11) is 0. The Labute approximate surface area is 124 Å². The monoisotopic (exact) mass is 287 g/mol. The summed E-state index contributed by atoms with van der Waals surface area (Å²) in [6.07, 6.45) is 5.32. The van der Waals surface area contributed by atoms with Gasteiger partial charge in [0.25, 0.3) is 5.91 Å². The first-order valence-electron chi connectivity index (χ1n) is 7.22. The van der Waals surface area contributed by atoms with E-state index in [-0.39, 0.29) is 5.91 Å². The lowest BCUT2D eigenvalue weighted by molar-refractivity contribution is 0.0767. The van der Waals surface area contributed by atoms with Crippen LogP contribution in [0.4, 0.5) is 11.4 Å². The minimum atomic E-state index is -0.0482. The van der Waals surface area contributed by atoms with E-state index in [2.05, 4.69) is 15.4 Å². The summed E-state index contributed by atoms with van der Waals surface area (Å²) in [5.74, 6) is -0.0482. The zero-order valence-corrected chi connectivity index (χ0v) is 12.7. The summed E-state index contributed by atoms with van der Waals surface area (Å²) in [5.41, 5.74) is 2.17. The van der Waals surface area contributed by atoms with Crippen molar-refractivity contribution in [2.45, 2.75) is 27.3 Å². The van der Waals surface area contributed by atoms with Gasteiger partial charge in [-0.25, -0.2) is 0 Å². The van der Waals surface area contributed by atoms with Crippen molar-refractivity contribution in [3.63, 3.8) is 0 Å². The number of nitrogens with zero attached hydrogens (tertiary/aromatic N) is 4. The zero-order chi connectivity index (χ0) is 15.2. The van der Waals surface area contributed by atoms with Gasteiger partial charge in [0.1, 0.15) is 5.69 Å². The van der Waals surface area contributed by atoms with E-state index >= 15 is 0 Å². The van der Waals surface area contributed by atoms with Gasteiger partial charge >= 0.3 is 0 Å². The highest BCUT2D eigenvalue weighted by Gasteiger charge is 2.14. The normalized spacial score (nSPS) is 10.4. The molecule has 0 saturated carbocycles. The third-order valence-electron chi connectivity index (χ3n) is 3.28. The largest absolute Gasteiger partial charge is 0.353 e. The van der Waals surface area contributed by atoms with Gasteiger partial charge in [0.15, 0.2) is 0 Å². The number of pyridine rings is 1. The van der Waals surface area contributed by atoms with Crippen molar-refractivity contribution in [3.8, 4) is 0 Å². The molecule has 0 unspecified atom stereocenters. The Hall–Kier alpha value is -2.37. The Bertz CT molecular complexity index is 604. The molecule has 1 N–H and O–H groups in total. The summed E-state index contributed by atoms with van der Waals surface area (Å²) < 4.78 is 1.84. The van der Waals surface area contributed by atoms with Gasteiger partial charge in [0, 0.05) is 37.7 Å². The minimum Gasteiger partial charge on any atom is -0.353 e. The van der Waals surface area contributed by atoms with Crippen LogP contribution in [-0.2, 0) is 6.54 Å². The second-order valence-corrected chi connectivity index (χ2v) is 4.62. The van der Waals surface area contributed by atoms with Crippen LogP contribution >= 0.6 is 0 Å². The van der Waals surface area contributed by atoms with Gasteiger partial charge in [0.05, 0.1) is 11.9 Å². The third kappa shape index (κ3) is 3.59. The van der Waals surface area contributed by atoms with Crippen molar-refractivity contribution in [3.05, 3.63) is 36.4 Å². The van der Waals surface area contributed by atoms with E-state index in [0.717, 1.165) is 17.9 Å². The Morgan fingerprint density at radius 3 is 2.67 bits per heavy atom. The molecule has 0 aliphatic carbocycles. The van der Waals surface area contributed by atoms with Crippen LogP contribution < -0.4 is 5.32 Å². The molecule has 2 aromatic heterocycles. The van der Waals surface area contributed by atoms with Crippen molar-refractivity contribution in [2.24, 2.45) is 0 Å². The molecule has 1 amide bonds. The molecule has 0 bridgehead atoms. The Morgan fingerprint density at radius 1 is 1.29 bits per heavy atom. The van der Waals surface area contributed by atoms with Crippen LogP contribution in [0.15, 0.2) is 30.7 Å². The van der Waals surface area contributed by atoms with Crippen LogP contribution in [0.3, 0.4) is 0 Å². The standard InChI is InChI=1S/C15H21N5O/c1-4-19(5-2)15(21)14-9-12(7-8-16-14)18-13-10-17-20(6-3)11-13/h7-11H,4-6H2,1-3H3,(H,16,18). The molecule has 6 heteroatoms. The first kappa shape index (κ1) is 15.0. The number of carbonyl (C=O) groups is 1. The fourth-order valence-corrected chi connectivity index (χ4v) is 2.07. The maximum Gasteiger partial charge on any atom is 0.272 e. The fraction of sp³-hybridized carbons (Fsp3) is 0.400. The zero-order valence-electron chi connectivity index (χ0n) is 12.7. The summed E-state index contributed by atoms with van der Waals surface area (Å²) >= 11 is 0. The van der Waals surface area contributed by atoms with Gasteiger partial charge in [-0.05, 0) is 32.9 Å². The van der Waals surface area contributed by atoms with Crippen molar-refractivity contribution < 1.29 is 4.79 Å². The molecule has 0 aromatic carbocycles. The summed E-state index contributed by atoms with van der Waals surface area (Å²) in [6.45, 7) is 8.13. The molecule has 0 radical (unpaired) electrons. The van der Waals surface area contributed by atoms with Gasteiger partial charge in [-0.2, -0.15) is 5.10 Å². The molecule has 0 saturated heterocycles. The third-order valence-corrected chi connectivity index (χ3v) is 3.28. The van der Waals surface area contributed by atoms with Crippen LogP contribution in [-0.4, -0.2) is 38.7 Å². The summed E-state index contributed by atoms with van der Waals surface area (Å²) in [6, 6.07) is 3.60. The van der Waals surface area contributed by atoms with Crippen LogP contribution in [0.2, 0.25) is 0 Å². The molecule has 112 valence electrons. The predicted octanol–water partition coefficient (Wildman–Crippen LogP) is 2.52. The van der Waals surface area contributed by atoms with Gasteiger partial charge in [-0.3, -0.25) is 14.5 Å². The molecule has 2 heterocycles. The number of rotatable bonds is 6. The van der Waals surface area contributed by atoms with Crippen molar-refractivity contribution in [2.75, 3.05) is 18.4 Å². The summed E-state index contributed by atoms with van der Waals surface area (Å²) in [4.78, 5) is 18.2. The quantitative estimate of drug-likeness (QED) is 0.886. The van der Waals surface area contributed by atoms with Gasteiger partial charge in [0.2, 0.25) is 0 Å². The first-order valence-corrected chi connectivity index (χ1v) is 7.22. The highest BCUT2D eigenvalue weighted by atomic mass is 16.2. The topological polar surface area (TPSA) is 63.1 Å². The van der Waals surface area contributed by atoms with E-state index in [1.807, 2.05) is 37.7 Å². The lowest BCUT2D eigenvalue weighted by Gasteiger charge is -2.18. The number of amides is 1. The summed E-state index contributed by atoms with van der Waals surface area (Å²) in [5, 5.41) is 7.44. The van der Waals surface area contributed by atoms with E-state index in [1.165, 1.54) is 0 Å². The maximum atomic E-state index is 12.3. The van der Waals surface area contributed by atoms with Crippen LogP contribution in [0.25, 0.3) is 0 Å². The second kappa shape index (κ2) is 6.88. The number of aromatic nitrogens is 3. The predicted molar refractivity (Wildman–Crippen MR) is 82.7 cm³/mol. The molecule has 0 atom stereocenters. The Kier molecular flexibility index (Phi) is 4.92. The van der Waals surface area contributed by atoms with E-state index in [0.29, 0.717) is 18.8 Å². The minimum absolute atomic E-state index is 0.0482. The Balaban J connectivity index is 2.15. The van der Waals surface area contributed by atoms with E-state index in [9.17, 15) is 4.79 Å². The molecule has 2 rings (SSSR count). The highest BCUT2D eigenvalue weighted by Crippen LogP contribution is 2.16. The number of nitrogens with one attached hydrogen (secondary N) is 1. The molecule has 21 heavy (non-hydrogen) atoms. The SMILES string of the molecule is CCN(CC)C(=O)c1cc(Nc2cnn(CC)c2)ccn1. The van der Waals surface area contributed by atoms with Crippen LogP contribution in [0, 0.1) is 0 Å². The van der Waals surface area contributed by atoms with Gasteiger partial charge in [-0.15, -0.1) is 0 Å². The smallest absolute Gasteiger partial charge is 0.272 e. The molecule has 2 aromatic rings. The number of hydrogen-bond donors (Lipinski definition) is 1. The van der Waals surface area contributed by atoms with Gasteiger partial charge < -0.3 is 10.2 Å². The van der Waals surface area contributed by atoms with E-state index < -0.39 is 0 Å². The number of carbonyl (C=O) groups excluding carboxylic acids is 1. The number of aryl methyl sites for hydroxylation is 1. The molecular formula is C15H21N5O. The average molecular weight is 287 g/mol. The van der Waals surface area contributed by atoms with Crippen molar-refractivity contribution >= 4 is 17.3 Å². The molecule has 0 aliphatic heterocycles.